The number of aromatic amines is 1. The third-order valence-corrected chi connectivity index (χ3v) is 12.2. The summed E-state index contributed by atoms with van der Waals surface area (Å²) in [5.41, 5.74) is 5.30. The molecule has 1 aliphatic carbocycles. The summed E-state index contributed by atoms with van der Waals surface area (Å²) in [5, 5.41) is 9.74. The van der Waals surface area contributed by atoms with E-state index in [2.05, 4.69) is 33.1 Å². The molecule has 0 bridgehead atoms. The number of ether oxygens (including phenoxy) is 1. The molecule has 2 atom stereocenters. The fourth-order valence-electron chi connectivity index (χ4n) is 6.84. The van der Waals surface area contributed by atoms with Gasteiger partial charge in [-0.3, -0.25) is 14.4 Å². The molecule has 2 unspecified atom stereocenters. The zero-order valence-corrected chi connectivity index (χ0v) is 32.0. The van der Waals surface area contributed by atoms with Gasteiger partial charge < -0.3 is 25.7 Å². The van der Waals surface area contributed by atoms with E-state index in [0.29, 0.717) is 34.2 Å². The molecule has 9 nitrogen and oxygen atoms in total. The first kappa shape index (κ1) is 37.4. The number of anilines is 2. The smallest absolute Gasteiger partial charge is 0.341 e. The van der Waals surface area contributed by atoms with Crippen molar-refractivity contribution in [3.8, 4) is 0 Å². The summed E-state index contributed by atoms with van der Waals surface area (Å²) in [6.07, 6.45) is 6.39. The zero-order chi connectivity index (χ0) is 38.3. The van der Waals surface area contributed by atoms with Gasteiger partial charge in [0, 0.05) is 43.7 Å². The van der Waals surface area contributed by atoms with Crippen molar-refractivity contribution >= 4 is 74.5 Å². The largest absolute Gasteiger partial charge is 0.465 e. The van der Waals surface area contributed by atoms with Crippen molar-refractivity contribution in [1.82, 2.24) is 10.3 Å². The standard InChI is InChI=1S/C44H40N4O5S2/c1-3-37(42(51)48-43-39(44(52)53-2)34-22-21-29(24-38(34)55-43)27-13-6-4-7-14-27)54-32-18-12-17-31(25-32)46-41(50)36(47-40(49)28-15-8-5-9-16-28)23-30-26-45-35-20-11-10-19-33(30)35/h4-20,23,25-26,29,37,45H,3,21-22,24H2,1-2H3,(H,46,50)(H,47,49)(H,48,51)/b36-23-. The Morgan fingerprint density at radius 3 is 2.44 bits per heavy atom. The first-order valence-electron chi connectivity index (χ1n) is 18.1. The Morgan fingerprint density at radius 1 is 0.927 bits per heavy atom. The zero-order valence-electron chi connectivity index (χ0n) is 30.4. The number of para-hydroxylation sites is 1. The Bertz CT molecular complexity index is 2390. The van der Waals surface area contributed by atoms with Crippen LogP contribution in [0.25, 0.3) is 17.0 Å². The third kappa shape index (κ3) is 8.58. The van der Waals surface area contributed by atoms with Crippen molar-refractivity contribution in [2.45, 2.75) is 48.7 Å². The molecule has 2 aromatic heterocycles. The Labute approximate surface area is 327 Å². The fraction of sp³-hybridized carbons (Fsp3) is 0.182. The number of hydrogen-bond donors (Lipinski definition) is 4. The Kier molecular flexibility index (Phi) is 11.6. The number of nitrogens with one attached hydrogen (secondary N) is 4. The number of carbonyl (C=O) groups is 4. The number of rotatable bonds is 12. The minimum atomic E-state index is -0.506. The summed E-state index contributed by atoms with van der Waals surface area (Å²) < 4.78 is 5.18. The van der Waals surface area contributed by atoms with E-state index in [1.165, 1.54) is 35.8 Å². The molecule has 55 heavy (non-hydrogen) atoms. The average Bonchev–Trinajstić information content (AvgIpc) is 3.80. The summed E-state index contributed by atoms with van der Waals surface area (Å²) in [6.45, 7) is 1.94. The SMILES string of the molecule is CCC(Sc1cccc(NC(=O)/C(=C/c2c[nH]c3ccccc23)NC(=O)c2ccccc2)c1)C(=O)Nc1sc2c(c1C(=O)OC)CCC(c1ccccc1)C2. The second-order valence-corrected chi connectivity index (χ2v) is 15.6. The molecule has 278 valence electrons. The summed E-state index contributed by atoms with van der Waals surface area (Å²) in [6, 6.07) is 34.0. The second kappa shape index (κ2) is 17.0. The lowest BCUT2D eigenvalue weighted by atomic mass is 9.83. The lowest BCUT2D eigenvalue weighted by molar-refractivity contribution is -0.116. The maximum Gasteiger partial charge on any atom is 0.341 e. The Hall–Kier alpha value is -5.91. The summed E-state index contributed by atoms with van der Waals surface area (Å²) in [4.78, 5) is 59.0. The van der Waals surface area contributed by atoms with Gasteiger partial charge in [-0.25, -0.2) is 4.79 Å². The molecule has 0 radical (unpaired) electrons. The van der Waals surface area contributed by atoms with Crippen LogP contribution in [0, 0.1) is 0 Å². The van der Waals surface area contributed by atoms with Crippen LogP contribution in [0.4, 0.5) is 10.7 Å². The highest BCUT2D eigenvalue weighted by Gasteiger charge is 2.32. The topological polar surface area (TPSA) is 129 Å². The molecular formula is C44H40N4O5S2. The van der Waals surface area contributed by atoms with Gasteiger partial charge in [0.2, 0.25) is 5.91 Å². The van der Waals surface area contributed by atoms with Crippen molar-refractivity contribution in [3.63, 3.8) is 0 Å². The summed E-state index contributed by atoms with van der Waals surface area (Å²) >= 11 is 2.82. The lowest BCUT2D eigenvalue weighted by Crippen LogP contribution is -2.30. The number of thiophene rings is 1. The quantitative estimate of drug-likeness (QED) is 0.0559. The molecule has 7 rings (SSSR count). The average molecular weight is 769 g/mol. The number of amides is 3. The number of esters is 1. The second-order valence-electron chi connectivity index (χ2n) is 13.2. The molecule has 0 saturated heterocycles. The third-order valence-electron chi connectivity index (χ3n) is 9.65. The van der Waals surface area contributed by atoms with Crippen molar-refractivity contribution in [3.05, 3.63) is 154 Å². The van der Waals surface area contributed by atoms with Gasteiger partial charge in [0.15, 0.2) is 0 Å². The maximum absolute atomic E-state index is 13.8. The van der Waals surface area contributed by atoms with E-state index >= 15 is 0 Å². The van der Waals surface area contributed by atoms with Gasteiger partial charge in [0.1, 0.15) is 10.7 Å². The number of hydrogen-bond acceptors (Lipinski definition) is 7. The first-order valence-corrected chi connectivity index (χ1v) is 19.8. The predicted octanol–water partition coefficient (Wildman–Crippen LogP) is 9.21. The lowest BCUT2D eigenvalue weighted by Gasteiger charge is -2.22. The monoisotopic (exact) mass is 768 g/mol. The van der Waals surface area contributed by atoms with E-state index in [9.17, 15) is 19.2 Å². The molecule has 0 fully saturated rings. The molecule has 2 heterocycles. The minimum Gasteiger partial charge on any atom is -0.465 e. The number of aromatic nitrogens is 1. The van der Waals surface area contributed by atoms with Gasteiger partial charge in [-0.05, 0) is 85.2 Å². The maximum atomic E-state index is 13.8. The molecule has 1 aliphatic rings. The van der Waals surface area contributed by atoms with Gasteiger partial charge in [-0.15, -0.1) is 23.1 Å². The molecule has 11 heteroatoms. The highest BCUT2D eigenvalue weighted by atomic mass is 32.2. The number of benzene rings is 4. The van der Waals surface area contributed by atoms with E-state index in [1.807, 2.05) is 61.5 Å². The molecule has 3 amide bonds. The van der Waals surface area contributed by atoms with E-state index in [1.54, 1.807) is 54.7 Å². The molecular weight excluding hydrogens is 729 g/mol. The van der Waals surface area contributed by atoms with Crippen molar-refractivity contribution in [1.29, 1.82) is 0 Å². The van der Waals surface area contributed by atoms with Crippen LogP contribution in [0.1, 0.15) is 68.0 Å². The van der Waals surface area contributed by atoms with E-state index in [0.717, 1.165) is 51.1 Å². The number of H-pyrrole nitrogens is 1. The van der Waals surface area contributed by atoms with Crippen LogP contribution >= 0.6 is 23.1 Å². The Morgan fingerprint density at radius 2 is 1.67 bits per heavy atom. The van der Waals surface area contributed by atoms with Crippen LogP contribution in [0.15, 0.2) is 126 Å². The van der Waals surface area contributed by atoms with Crippen LogP contribution in [0.5, 0.6) is 0 Å². The van der Waals surface area contributed by atoms with E-state index in [-0.39, 0.29) is 11.6 Å². The summed E-state index contributed by atoms with van der Waals surface area (Å²) in [5.74, 6) is -1.26. The Balaban J connectivity index is 1.07. The molecule has 0 aliphatic heterocycles. The van der Waals surface area contributed by atoms with Gasteiger partial charge in [0.25, 0.3) is 11.8 Å². The van der Waals surface area contributed by atoms with Gasteiger partial charge in [0.05, 0.1) is 17.9 Å². The summed E-state index contributed by atoms with van der Waals surface area (Å²) in [7, 11) is 1.36. The van der Waals surface area contributed by atoms with Crippen LogP contribution < -0.4 is 16.0 Å². The predicted molar refractivity (Wildman–Crippen MR) is 221 cm³/mol. The van der Waals surface area contributed by atoms with Crippen LogP contribution in [0.2, 0.25) is 0 Å². The van der Waals surface area contributed by atoms with Gasteiger partial charge in [-0.1, -0.05) is 79.7 Å². The fourth-order valence-corrected chi connectivity index (χ4v) is 9.17. The van der Waals surface area contributed by atoms with Crippen LogP contribution in [-0.2, 0) is 27.2 Å². The molecule has 4 N–H and O–H groups in total. The van der Waals surface area contributed by atoms with E-state index < -0.39 is 23.0 Å². The van der Waals surface area contributed by atoms with Crippen LogP contribution in [0.3, 0.4) is 0 Å². The number of carbonyl (C=O) groups excluding carboxylic acids is 4. The van der Waals surface area contributed by atoms with Crippen molar-refractivity contribution < 1.29 is 23.9 Å². The van der Waals surface area contributed by atoms with E-state index in [4.69, 9.17) is 4.74 Å². The number of thioether (sulfide) groups is 1. The molecule has 6 aromatic rings. The first-order chi connectivity index (χ1) is 26.8. The van der Waals surface area contributed by atoms with Crippen LogP contribution in [-0.4, -0.2) is 41.0 Å². The molecule has 0 saturated carbocycles. The highest BCUT2D eigenvalue weighted by molar-refractivity contribution is 8.00. The normalized spacial score (nSPS) is 14.4. The van der Waals surface area contributed by atoms with Crippen molar-refractivity contribution in [2.75, 3.05) is 17.7 Å². The van der Waals surface area contributed by atoms with Gasteiger partial charge in [-0.2, -0.15) is 0 Å². The number of methoxy groups -OCH3 is 1. The minimum absolute atomic E-state index is 0.0672. The number of fused-ring (bicyclic) bond motifs is 2. The van der Waals surface area contributed by atoms with Crippen molar-refractivity contribution in [2.24, 2.45) is 0 Å². The highest BCUT2D eigenvalue weighted by Crippen LogP contribution is 2.43. The van der Waals surface area contributed by atoms with Gasteiger partial charge >= 0.3 is 5.97 Å². The molecule has 4 aromatic carbocycles. The molecule has 0 spiro atoms.